The van der Waals surface area contributed by atoms with Crippen molar-refractivity contribution in [1.82, 2.24) is 9.88 Å². The van der Waals surface area contributed by atoms with Crippen molar-refractivity contribution in [1.29, 1.82) is 0 Å². The van der Waals surface area contributed by atoms with E-state index in [1.54, 1.807) is 49.1 Å². The highest BCUT2D eigenvalue weighted by Crippen LogP contribution is 2.24. The number of hydrogen-bond donors (Lipinski definition) is 1. The van der Waals surface area contributed by atoms with E-state index in [2.05, 4.69) is 21.2 Å². The molecule has 0 saturated heterocycles. The lowest BCUT2D eigenvalue weighted by Crippen LogP contribution is -2.41. The van der Waals surface area contributed by atoms with Gasteiger partial charge in [-0.3, -0.25) is 4.79 Å². The van der Waals surface area contributed by atoms with E-state index < -0.39 is 12.1 Å². The van der Waals surface area contributed by atoms with E-state index in [9.17, 15) is 9.59 Å². The normalized spacial score (nSPS) is 11.7. The number of hydrogen-bond acceptors (Lipinski definition) is 5. The predicted octanol–water partition coefficient (Wildman–Crippen LogP) is 3.30. The van der Waals surface area contributed by atoms with Crippen LogP contribution < -0.4 is 14.8 Å². The van der Waals surface area contributed by atoms with Gasteiger partial charge in [0.2, 0.25) is 6.10 Å². The molecule has 0 fully saturated rings. The van der Waals surface area contributed by atoms with Crippen LogP contribution in [-0.2, 0) is 16.6 Å². The molecule has 1 aromatic heterocycles. The number of methoxy groups -OCH3 is 2. The number of carbonyl (C=O) groups is 2. The van der Waals surface area contributed by atoms with Crippen LogP contribution in [0.5, 0.6) is 11.5 Å². The predicted molar refractivity (Wildman–Crippen MR) is 112 cm³/mol. The van der Waals surface area contributed by atoms with Gasteiger partial charge in [0.25, 0.3) is 5.91 Å². The van der Waals surface area contributed by atoms with Crippen LogP contribution in [0.15, 0.2) is 53.0 Å². The quantitative estimate of drug-likeness (QED) is 0.547. The SMILES string of the molecule is COC(=O)C(CNC(=O)c1cc2ccc(OC)cc2n1C)Oc1ccc(Br)cc1. The van der Waals surface area contributed by atoms with Crippen molar-refractivity contribution >= 4 is 38.7 Å². The lowest BCUT2D eigenvalue weighted by molar-refractivity contribution is -0.148. The molecule has 0 aliphatic heterocycles. The summed E-state index contributed by atoms with van der Waals surface area (Å²) < 4.78 is 18.4. The minimum absolute atomic E-state index is 0.0353. The Kier molecular flexibility index (Phi) is 6.43. The molecule has 1 amide bonds. The van der Waals surface area contributed by atoms with Gasteiger partial charge in [-0.25, -0.2) is 4.79 Å². The molecule has 1 N–H and O–H groups in total. The Morgan fingerprint density at radius 3 is 2.41 bits per heavy atom. The number of halogens is 1. The molecular weight excluding hydrogens is 440 g/mol. The first-order valence-corrected chi connectivity index (χ1v) is 9.64. The molecule has 0 aliphatic rings. The van der Waals surface area contributed by atoms with Gasteiger partial charge in [0.05, 0.1) is 26.3 Å². The number of amides is 1. The van der Waals surface area contributed by atoms with Gasteiger partial charge >= 0.3 is 5.97 Å². The first-order valence-electron chi connectivity index (χ1n) is 8.84. The van der Waals surface area contributed by atoms with Crippen molar-refractivity contribution in [3.63, 3.8) is 0 Å². The van der Waals surface area contributed by atoms with Crippen LogP contribution in [0.3, 0.4) is 0 Å². The third kappa shape index (κ3) is 4.71. The molecule has 8 heteroatoms. The fraction of sp³-hybridized carbons (Fsp3) is 0.238. The fourth-order valence-electron chi connectivity index (χ4n) is 2.91. The van der Waals surface area contributed by atoms with Gasteiger partial charge in [-0.15, -0.1) is 0 Å². The number of nitrogens with one attached hydrogen (secondary N) is 1. The molecule has 0 saturated carbocycles. The van der Waals surface area contributed by atoms with E-state index in [4.69, 9.17) is 14.2 Å². The largest absolute Gasteiger partial charge is 0.497 e. The number of rotatable bonds is 7. The molecule has 1 atom stereocenters. The number of aromatic nitrogens is 1. The second-order valence-electron chi connectivity index (χ2n) is 6.31. The third-order valence-electron chi connectivity index (χ3n) is 4.49. The molecule has 1 heterocycles. The second-order valence-corrected chi connectivity index (χ2v) is 7.22. The van der Waals surface area contributed by atoms with Crippen LogP contribution in [0.2, 0.25) is 0 Å². The van der Waals surface area contributed by atoms with E-state index in [0.717, 1.165) is 15.4 Å². The molecule has 0 bridgehead atoms. The summed E-state index contributed by atoms with van der Waals surface area (Å²) in [5.74, 6) is 0.305. The molecule has 0 radical (unpaired) electrons. The second kappa shape index (κ2) is 9.00. The summed E-state index contributed by atoms with van der Waals surface area (Å²) in [6.45, 7) is -0.0353. The van der Waals surface area contributed by atoms with E-state index in [-0.39, 0.29) is 12.5 Å². The Hall–Kier alpha value is -3.00. The van der Waals surface area contributed by atoms with Crippen LogP contribution in [0, 0.1) is 0 Å². The zero-order valence-corrected chi connectivity index (χ0v) is 17.9. The summed E-state index contributed by atoms with van der Waals surface area (Å²) in [5, 5.41) is 3.66. The minimum Gasteiger partial charge on any atom is -0.497 e. The number of fused-ring (bicyclic) bond motifs is 1. The summed E-state index contributed by atoms with van der Waals surface area (Å²) in [6, 6.07) is 14.4. The third-order valence-corrected chi connectivity index (χ3v) is 5.02. The summed E-state index contributed by atoms with van der Waals surface area (Å²) in [4.78, 5) is 24.8. The monoisotopic (exact) mass is 460 g/mol. The maximum absolute atomic E-state index is 12.7. The molecule has 3 rings (SSSR count). The Balaban J connectivity index is 1.74. The van der Waals surface area contributed by atoms with E-state index in [1.165, 1.54) is 7.11 Å². The standard InChI is InChI=1S/C21H21BrN2O5/c1-24-17-11-16(27-2)7-4-13(17)10-18(24)20(25)23-12-19(21(26)28-3)29-15-8-5-14(22)6-9-15/h4-11,19H,12H2,1-3H3,(H,23,25). The van der Waals surface area contributed by atoms with Gasteiger partial charge in [0.15, 0.2) is 0 Å². The van der Waals surface area contributed by atoms with Crippen molar-refractivity contribution < 1.29 is 23.8 Å². The molecule has 152 valence electrons. The van der Waals surface area contributed by atoms with Gasteiger partial charge in [0, 0.05) is 23.0 Å². The van der Waals surface area contributed by atoms with Crippen molar-refractivity contribution in [3.8, 4) is 11.5 Å². The first kappa shape index (κ1) is 20.7. The molecule has 0 aliphatic carbocycles. The lowest BCUT2D eigenvalue weighted by Gasteiger charge is -2.17. The van der Waals surface area contributed by atoms with Crippen molar-refractivity contribution in [3.05, 3.63) is 58.7 Å². The zero-order valence-electron chi connectivity index (χ0n) is 16.3. The number of nitrogens with zero attached hydrogens (tertiary/aromatic N) is 1. The molecule has 29 heavy (non-hydrogen) atoms. The highest BCUT2D eigenvalue weighted by Gasteiger charge is 2.23. The Morgan fingerprint density at radius 2 is 1.76 bits per heavy atom. The lowest BCUT2D eigenvalue weighted by atomic mass is 10.2. The number of ether oxygens (including phenoxy) is 3. The summed E-state index contributed by atoms with van der Waals surface area (Å²) in [6.07, 6.45) is -0.972. The van der Waals surface area contributed by atoms with Crippen LogP contribution in [-0.4, -0.2) is 43.3 Å². The summed E-state index contributed by atoms with van der Waals surface area (Å²) in [7, 11) is 4.67. The average Bonchev–Trinajstić information content (AvgIpc) is 3.07. The van der Waals surface area contributed by atoms with E-state index in [1.807, 2.05) is 18.2 Å². The zero-order chi connectivity index (χ0) is 21.0. The van der Waals surface area contributed by atoms with Gasteiger partial charge in [-0.05, 0) is 42.5 Å². The van der Waals surface area contributed by atoms with Gasteiger partial charge in [-0.2, -0.15) is 0 Å². The van der Waals surface area contributed by atoms with Crippen LogP contribution >= 0.6 is 15.9 Å². The van der Waals surface area contributed by atoms with Crippen LogP contribution in [0.1, 0.15) is 10.5 Å². The van der Waals surface area contributed by atoms with Crippen molar-refractivity contribution in [2.45, 2.75) is 6.10 Å². The highest BCUT2D eigenvalue weighted by molar-refractivity contribution is 9.10. The maximum atomic E-state index is 12.7. The van der Waals surface area contributed by atoms with Crippen molar-refractivity contribution in [2.75, 3.05) is 20.8 Å². The summed E-state index contributed by atoms with van der Waals surface area (Å²) >= 11 is 3.35. The average molecular weight is 461 g/mol. The maximum Gasteiger partial charge on any atom is 0.348 e. The van der Waals surface area contributed by atoms with Crippen LogP contribution in [0.4, 0.5) is 0 Å². The number of benzene rings is 2. The molecule has 3 aromatic rings. The minimum atomic E-state index is -0.972. The molecular formula is C21H21BrN2O5. The van der Waals surface area contributed by atoms with Gasteiger partial charge in [-0.1, -0.05) is 15.9 Å². The number of esters is 1. The number of aryl methyl sites for hydroxylation is 1. The van der Waals surface area contributed by atoms with E-state index >= 15 is 0 Å². The molecule has 7 nitrogen and oxygen atoms in total. The van der Waals surface area contributed by atoms with Crippen molar-refractivity contribution in [2.24, 2.45) is 7.05 Å². The van der Waals surface area contributed by atoms with Crippen LogP contribution in [0.25, 0.3) is 10.9 Å². The fourth-order valence-corrected chi connectivity index (χ4v) is 3.18. The van der Waals surface area contributed by atoms with E-state index in [0.29, 0.717) is 17.2 Å². The molecule has 2 aromatic carbocycles. The topological polar surface area (TPSA) is 78.8 Å². The Morgan fingerprint density at radius 1 is 1.07 bits per heavy atom. The van der Waals surface area contributed by atoms with Gasteiger partial charge < -0.3 is 24.1 Å². The smallest absolute Gasteiger partial charge is 0.348 e. The first-order chi connectivity index (χ1) is 13.9. The molecule has 0 spiro atoms. The molecule has 1 unspecified atom stereocenters. The number of carbonyl (C=O) groups excluding carboxylic acids is 2. The summed E-state index contributed by atoms with van der Waals surface area (Å²) in [5.41, 5.74) is 1.32. The van der Waals surface area contributed by atoms with Gasteiger partial charge in [0.1, 0.15) is 17.2 Å². The Labute approximate surface area is 176 Å². The Bertz CT molecular complexity index is 1030. The highest BCUT2D eigenvalue weighted by atomic mass is 79.9.